The molecule has 19 heteroatoms. The molecule has 2 fully saturated rings. The van der Waals surface area contributed by atoms with E-state index in [1.54, 1.807) is 0 Å². The van der Waals surface area contributed by atoms with E-state index in [-0.39, 0.29) is 16.7 Å². The molecule has 2 saturated heterocycles. The van der Waals surface area contributed by atoms with Gasteiger partial charge in [0.05, 0.1) is 25.4 Å². The summed E-state index contributed by atoms with van der Waals surface area (Å²) in [4.78, 5) is 32.7. The number of aliphatic hydroxyl groups excluding tert-OH is 4. The molecule has 5 unspecified atom stereocenters. The Morgan fingerprint density at radius 3 is 1.89 bits per heavy atom. The van der Waals surface area contributed by atoms with E-state index >= 15 is 0 Å². The number of aliphatic hydroxyl groups is 4. The molecule has 2 aromatic rings. The van der Waals surface area contributed by atoms with Gasteiger partial charge in [-0.2, -0.15) is 0 Å². The van der Waals surface area contributed by atoms with E-state index in [2.05, 4.69) is 9.97 Å². The molecule has 0 aromatic carbocycles. The second kappa shape index (κ2) is 8.76. The van der Waals surface area contributed by atoms with E-state index in [0.29, 0.717) is 0 Å². The maximum absolute atomic E-state index is 12.2. The van der Waals surface area contributed by atoms with E-state index in [4.69, 9.17) is 23.9 Å². The van der Waals surface area contributed by atoms with Crippen LogP contribution in [0.25, 0.3) is 11.2 Å². The highest BCUT2D eigenvalue weighted by Crippen LogP contribution is 2.54. The van der Waals surface area contributed by atoms with Crippen LogP contribution >= 0.6 is 15.2 Å². The summed E-state index contributed by atoms with van der Waals surface area (Å²) < 4.78 is 47.2. The largest absolute Gasteiger partial charge is 0.778 e. The standard InChI is InChI=1S/C16H23N5O12P2/c17-13-8-14-19-4-20(13)15-11(24)9(22)6(32-15)1-30-34(26,27)5-35(28,29)31-2-7-10(23)12(25)16(33-7)21(14)3-18-8/h3-4,6-7,9-12,15-17,22-25H,1-2,5H2,(H,26,27)(H,28,29)/p-2/t6-,7+,9?,10-,11?,12?,15-,16+/m0/s1. The fourth-order valence-corrected chi connectivity index (χ4v) is 7.29. The Morgan fingerprint density at radius 2 is 1.34 bits per heavy atom. The van der Waals surface area contributed by atoms with Gasteiger partial charge in [0.15, 0.2) is 29.1 Å². The zero-order valence-corrected chi connectivity index (χ0v) is 19.4. The molecule has 17 nitrogen and oxygen atoms in total. The lowest BCUT2D eigenvalue weighted by Crippen LogP contribution is -2.36. The van der Waals surface area contributed by atoms with Crippen molar-refractivity contribution in [3.63, 3.8) is 0 Å². The average Bonchev–Trinajstić information content (AvgIpc) is 3.41. The van der Waals surface area contributed by atoms with Crippen LogP contribution in [-0.2, 0) is 27.7 Å². The molecule has 0 saturated carbocycles. The Bertz CT molecular complexity index is 1290. The number of nitrogens with zero attached hydrogens (tertiary/aromatic N) is 4. The van der Waals surface area contributed by atoms with Crippen molar-refractivity contribution in [3.05, 3.63) is 18.1 Å². The van der Waals surface area contributed by atoms with Crippen LogP contribution in [0.5, 0.6) is 0 Å². The van der Waals surface area contributed by atoms with Gasteiger partial charge in [-0.1, -0.05) is 0 Å². The van der Waals surface area contributed by atoms with Crippen LogP contribution in [0.4, 0.5) is 0 Å². The molecule has 8 bridgehead atoms. The first-order valence-corrected chi connectivity index (χ1v) is 13.7. The number of ether oxygens (including phenoxy) is 2. The normalized spacial score (nSPS) is 44.6. The number of hydrogen-bond acceptors (Lipinski definition) is 15. The van der Waals surface area contributed by atoms with Crippen molar-refractivity contribution in [1.29, 1.82) is 5.41 Å². The van der Waals surface area contributed by atoms with E-state index in [0.717, 1.165) is 10.9 Å². The summed E-state index contributed by atoms with van der Waals surface area (Å²) in [6.07, 6.45) is -9.60. The van der Waals surface area contributed by atoms with Crippen LogP contribution < -0.4 is 15.3 Å². The topological polar surface area (TPSA) is 258 Å². The van der Waals surface area contributed by atoms with Crippen molar-refractivity contribution in [3.8, 4) is 0 Å². The molecule has 0 radical (unpaired) electrons. The Hall–Kier alpha value is -1.59. The fraction of sp³-hybridized carbons (Fsp3) is 0.688. The minimum atomic E-state index is -5.07. The lowest BCUT2D eigenvalue weighted by atomic mass is 10.1. The minimum absolute atomic E-state index is 0.0169. The maximum atomic E-state index is 12.2. The van der Waals surface area contributed by atoms with Crippen LogP contribution in [0.3, 0.4) is 0 Å². The highest BCUT2D eigenvalue weighted by molar-refractivity contribution is 7.69. The van der Waals surface area contributed by atoms with Gasteiger partial charge in [0.2, 0.25) is 0 Å². The molecule has 0 aliphatic carbocycles. The van der Waals surface area contributed by atoms with Gasteiger partial charge in [-0.25, -0.2) is 9.97 Å². The monoisotopic (exact) mass is 537 g/mol. The van der Waals surface area contributed by atoms with Gasteiger partial charge in [-0.3, -0.25) is 14.5 Å². The summed E-state index contributed by atoms with van der Waals surface area (Å²) in [7, 11) is -10.1. The molecule has 6 rings (SSSR count). The predicted octanol–water partition coefficient (Wildman–Crippen LogP) is -3.94. The van der Waals surface area contributed by atoms with Gasteiger partial charge in [0.1, 0.15) is 58.1 Å². The van der Waals surface area contributed by atoms with E-state index in [9.17, 15) is 39.3 Å². The third-order valence-corrected chi connectivity index (χ3v) is 9.85. The summed E-state index contributed by atoms with van der Waals surface area (Å²) in [6.45, 7) is -1.64. The lowest BCUT2D eigenvalue weighted by molar-refractivity contribution is -0.210. The van der Waals surface area contributed by atoms with Crippen molar-refractivity contribution in [1.82, 2.24) is 19.1 Å². The summed E-state index contributed by atoms with van der Waals surface area (Å²) in [5.41, 5.74) is -0.265. The smallest absolute Gasteiger partial charge is 0.167 e. The van der Waals surface area contributed by atoms with Gasteiger partial charge in [-0.05, 0) is 0 Å². The van der Waals surface area contributed by atoms with E-state index in [1.165, 1.54) is 10.9 Å². The summed E-state index contributed by atoms with van der Waals surface area (Å²) in [5, 5.41) is 50.0. The second-order valence-electron chi connectivity index (χ2n) is 8.37. The molecule has 194 valence electrons. The van der Waals surface area contributed by atoms with Gasteiger partial charge < -0.3 is 57.9 Å². The predicted molar refractivity (Wildman–Crippen MR) is 105 cm³/mol. The van der Waals surface area contributed by atoms with Crippen molar-refractivity contribution in [2.24, 2.45) is 0 Å². The summed E-state index contributed by atoms with van der Waals surface area (Å²) in [5.74, 6) is -1.54. The number of rotatable bonds is 0. The van der Waals surface area contributed by atoms with E-state index < -0.39 is 83.4 Å². The SMILES string of the molecule is N=c1c2ncn3c2ncn1[C@H]1O[C@@H](COP(=O)([O-])CP(=O)([O-])OC[C@H]2O[C@@H]3C(O)[C@H]2O)C(O)C1O. The quantitative estimate of drug-likeness (QED) is 0.201. The highest BCUT2D eigenvalue weighted by Gasteiger charge is 2.46. The number of fused-ring (bicyclic) bond motifs is 7. The minimum Gasteiger partial charge on any atom is -0.778 e. The molecule has 2 aromatic heterocycles. The first-order valence-electron chi connectivity index (χ1n) is 10.3. The molecule has 35 heavy (non-hydrogen) atoms. The molecule has 0 spiro atoms. The van der Waals surface area contributed by atoms with Gasteiger partial charge in [0, 0.05) is 0 Å². The van der Waals surface area contributed by atoms with Crippen molar-refractivity contribution in [2.45, 2.75) is 49.1 Å². The number of aromatic nitrogens is 4. The van der Waals surface area contributed by atoms with Crippen LogP contribution in [0.15, 0.2) is 12.7 Å². The second-order valence-corrected chi connectivity index (χ2v) is 12.5. The first kappa shape index (κ1) is 25.1. The Morgan fingerprint density at radius 1 is 0.857 bits per heavy atom. The molecular weight excluding hydrogens is 516 g/mol. The molecule has 5 N–H and O–H groups in total. The summed E-state index contributed by atoms with van der Waals surface area (Å²) >= 11 is 0. The zero-order valence-electron chi connectivity index (χ0n) is 17.6. The molecule has 4 aliphatic heterocycles. The van der Waals surface area contributed by atoms with Gasteiger partial charge in [-0.15, -0.1) is 0 Å². The van der Waals surface area contributed by atoms with Crippen molar-refractivity contribution >= 4 is 26.4 Å². The zero-order chi connectivity index (χ0) is 25.3. The number of nitrogens with one attached hydrogen (secondary N) is 1. The molecule has 0 amide bonds. The fourth-order valence-electron chi connectivity index (χ4n) is 4.19. The first-order chi connectivity index (χ1) is 16.4. The molecular formula is C16H21N5O12P2-2. The highest BCUT2D eigenvalue weighted by atomic mass is 31.2. The van der Waals surface area contributed by atoms with Crippen molar-refractivity contribution < 1.29 is 57.9 Å². The molecule has 4 aliphatic rings. The number of imidazole rings is 1. The van der Waals surface area contributed by atoms with Crippen LogP contribution in [0, 0.1) is 5.41 Å². The van der Waals surface area contributed by atoms with Gasteiger partial charge in [0.25, 0.3) is 0 Å². The molecule has 6 heterocycles. The maximum Gasteiger partial charge on any atom is 0.167 e. The van der Waals surface area contributed by atoms with Crippen molar-refractivity contribution in [2.75, 3.05) is 19.1 Å². The van der Waals surface area contributed by atoms with Crippen LogP contribution in [0.2, 0.25) is 0 Å². The lowest BCUT2D eigenvalue weighted by Gasteiger charge is -2.32. The van der Waals surface area contributed by atoms with Crippen LogP contribution in [-0.4, -0.2) is 95.3 Å². The van der Waals surface area contributed by atoms with E-state index in [1.807, 2.05) is 0 Å². The third kappa shape index (κ3) is 4.41. The summed E-state index contributed by atoms with van der Waals surface area (Å²) in [6, 6.07) is 0. The average molecular weight is 537 g/mol. The molecule has 10 atom stereocenters. The Kier molecular flexibility index (Phi) is 6.28. The Labute approximate surface area is 195 Å². The number of hydrogen-bond donors (Lipinski definition) is 5. The third-order valence-electron chi connectivity index (χ3n) is 5.99. The van der Waals surface area contributed by atoms with Gasteiger partial charge >= 0.3 is 0 Å². The van der Waals surface area contributed by atoms with Crippen LogP contribution in [0.1, 0.15) is 12.5 Å². The Balaban J connectivity index is 1.58.